The summed E-state index contributed by atoms with van der Waals surface area (Å²) in [6.45, 7) is 7.38. The van der Waals surface area contributed by atoms with Crippen LogP contribution in [0.3, 0.4) is 0 Å². The topological polar surface area (TPSA) is 24.9 Å². The van der Waals surface area contributed by atoms with Crippen molar-refractivity contribution in [3.8, 4) is 0 Å². The summed E-state index contributed by atoms with van der Waals surface area (Å²) in [5, 5.41) is 0.861. The lowest BCUT2D eigenvalue weighted by molar-refractivity contribution is 0.0570. The molecule has 0 amide bonds. The van der Waals surface area contributed by atoms with Crippen molar-refractivity contribution in [2.24, 2.45) is 0 Å². The number of ether oxygens (including phenoxy) is 2. The highest BCUT2D eigenvalue weighted by atomic mass is 32.1. The highest BCUT2D eigenvalue weighted by Gasteiger charge is 2.31. The Morgan fingerprint density at radius 2 is 1.50 bits per heavy atom. The molecule has 0 aromatic rings. The summed E-state index contributed by atoms with van der Waals surface area (Å²) < 4.78 is 10.9. The van der Waals surface area contributed by atoms with E-state index in [1.165, 1.54) is 0 Å². The van der Waals surface area contributed by atoms with Gasteiger partial charge in [-0.3, -0.25) is 0 Å². The fourth-order valence-electron chi connectivity index (χ4n) is 1.85. The lowest BCUT2D eigenvalue weighted by Gasteiger charge is -2.31. The van der Waals surface area contributed by atoms with Crippen LogP contribution < -0.4 is 0 Å². The fraction of sp³-hybridized carbons (Fsp3) is 0.889. The minimum atomic E-state index is 0.107. The Labute approximate surface area is 89.8 Å². The molecule has 2 aliphatic heterocycles. The Kier molecular flexibility index (Phi) is 2.90. The third-order valence-electron chi connectivity index (χ3n) is 2.75. The molecule has 0 aliphatic carbocycles. The molecule has 0 radical (unpaired) electrons. The molecule has 0 aromatic carbocycles. The zero-order chi connectivity index (χ0) is 10.1. The van der Waals surface area contributed by atoms with Crippen LogP contribution in [0.5, 0.6) is 0 Å². The average molecular weight is 216 g/mol. The van der Waals surface area contributed by atoms with Gasteiger partial charge in [0.15, 0.2) is 5.11 Å². The molecule has 0 saturated carbocycles. The highest BCUT2D eigenvalue weighted by molar-refractivity contribution is 7.80. The van der Waals surface area contributed by atoms with Crippen molar-refractivity contribution in [3.05, 3.63) is 0 Å². The Morgan fingerprint density at radius 3 is 1.79 bits per heavy atom. The first-order valence-electron chi connectivity index (χ1n) is 5.00. The van der Waals surface area contributed by atoms with E-state index in [-0.39, 0.29) is 12.5 Å². The maximum atomic E-state index is 5.45. The number of rotatable bonds is 0. The second-order valence-corrected chi connectivity index (χ2v) is 3.97. The van der Waals surface area contributed by atoms with Gasteiger partial charge < -0.3 is 19.3 Å². The van der Waals surface area contributed by atoms with Crippen molar-refractivity contribution < 1.29 is 9.47 Å². The van der Waals surface area contributed by atoms with Gasteiger partial charge in [-0.2, -0.15) is 0 Å². The largest absolute Gasteiger partial charge is 0.357 e. The lowest BCUT2D eigenvalue weighted by Crippen LogP contribution is -2.46. The van der Waals surface area contributed by atoms with E-state index in [0.29, 0.717) is 0 Å². The number of nitrogens with zero attached hydrogens (tertiary/aromatic N) is 2. The van der Waals surface area contributed by atoms with Crippen molar-refractivity contribution in [3.63, 3.8) is 0 Å². The van der Waals surface area contributed by atoms with Gasteiger partial charge in [0.05, 0.1) is 13.2 Å². The molecule has 0 bridgehead atoms. The summed E-state index contributed by atoms with van der Waals surface area (Å²) >= 11 is 5.42. The van der Waals surface area contributed by atoms with Gasteiger partial charge in [0, 0.05) is 13.1 Å². The summed E-state index contributed by atoms with van der Waals surface area (Å²) in [7, 11) is 0. The van der Waals surface area contributed by atoms with Crippen molar-refractivity contribution in [1.82, 2.24) is 9.80 Å². The minimum absolute atomic E-state index is 0.107. The van der Waals surface area contributed by atoms with Gasteiger partial charge in [0.2, 0.25) is 0 Å². The van der Waals surface area contributed by atoms with E-state index in [2.05, 4.69) is 9.80 Å². The van der Waals surface area contributed by atoms with Gasteiger partial charge in [-0.15, -0.1) is 0 Å². The quantitative estimate of drug-likeness (QED) is 0.553. The van der Waals surface area contributed by atoms with E-state index in [0.717, 1.165) is 31.4 Å². The second-order valence-electron chi connectivity index (χ2n) is 3.61. The van der Waals surface area contributed by atoms with Gasteiger partial charge in [-0.25, -0.2) is 0 Å². The van der Waals surface area contributed by atoms with Crippen molar-refractivity contribution in [2.45, 2.75) is 26.3 Å². The van der Waals surface area contributed by atoms with Crippen molar-refractivity contribution >= 4 is 17.3 Å². The lowest BCUT2D eigenvalue weighted by atomic mass is 10.5. The standard InChI is InChI=1S/C9H16N2O2S/c1-7-10(3-5-12-7)9(14)11-4-6-13-8(11)2/h7-8H,3-6H2,1-2H3. The number of thiocarbonyl (C=S) groups is 1. The van der Waals surface area contributed by atoms with Gasteiger partial charge in [0.1, 0.15) is 12.5 Å². The molecular formula is C9H16N2O2S. The van der Waals surface area contributed by atoms with Crippen LogP contribution in [-0.4, -0.2) is 53.7 Å². The second kappa shape index (κ2) is 4.00. The number of hydrogen-bond donors (Lipinski definition) is 0. The SMILES string of the molecule is CC1OCCN1C(=S)N1CCOC1C. The Hall–Kier alpha value is -0.390. The first-order chi connectivity index (χ1) is 6.70. The first-order valence-corrected chi connectivity index (χ1v) is 5.41. The number of hydrogen-bond acceptors (Lipinski definition) is 3. The molecule has 2 unspecified atom stereocenters. The zero-order valence-electron chi connectivity index (χ0n) is 8.60. The molecular weight excluding hydrogens is 200 g/mol. The Balaban J connectivity index is 2.00. The zero-order valence-corrected chi connectivity index (χ0v) is 9.42. The van der Waals surface area contributed by atoms with Crippen molar-refractivity contribution in [1.29, 1.82) is 0 Å². The molecule has 2 rings (SSSR count). The summed E-state index contributed by atoms with van der Waals surface area (Å²) in [6, 6.07) is 0. The molecule has 5 heteroatoms. The molecule has 0 aromatic heterocycles. The van der Waals surface area contributed by atoms with E-state index in [1.54, 1.807) is 0 Å². The van der Waals surface area contributed by atoms with E-state index >= 15 is 0 Å². The predicted molar refractivity (Wildman–Crippen MR) is 56.8 cm³/mol. The Morgan fingerprint density at radius 1 is 1.07 bits per heavy atom. The molecule has 0 N–H and O–H groups in total. The average Bonchev–Trinajstić information content (AvgIpc) is 2.73. The molecule has 0 spiro atoms. The summed E-state index contributed by atoms with van der Waals surface area (Å²) in [5.74, 6) is 0. The summed E-state index contributed by atoms with van der Waals surface area (Å²) in [5.41, 5.74) is 0. The molecule has 80 valence electrons. The third-order valence-corrected chi connectivity index (χ3v) is 3.22. The summed E-state index contributed by atoms with van der Waals surface area (Å²) in [6.07, 6.45) is 0.214. The highest BCUT2D eigenvalue weighted by Crippen LogP contribution is 2.17. The van der Waals surface area contributed by atoms with Crippen LogP contribution in [0.2, 0.25) is 0 Å². The molecule has 2 saturated heterocycles. The summed E-state index contributed by atoms with van der Waals surface area (Å²) in [4.78, 5) is 4.22. The predicted octanol–water partition coefficient (Wildman–Crippen LogP) is 0.628. The first kappa shape index (κ1) is 10.1. The van der Waals surface area contributed by atoms with Crippen LogP contribution in [0.15, 0.2) is 0 Å². The van der Waals surface area contributed by atoms with Crippen molar-refractivity contribution in [2.75, 3.05) is 26.3 Å². The van der Waals surface area contributed by atoms with Gasteiger partial charge in [-0.05, 0) is 26.1 Å². The maximum Gasteiger partial charge on any atom is 0.175 e. The van der Waals surface area contributed by atoms with Gasteiger partial charge >= 0.3 is 0 Å². The molecule has 2 aliphatic rings. The molecule has 14 heavy (non-hydrogen) atoms. The molecule has 2 atom stereocenters. The minimum Gasteiger partial charge on any atom is -0.357 e. The van der Waals surface area contributed by atoms with Crippen LogP contribution in [-0.2, 0) is 9.47 Å². The van der Waals surface area contributed by atoms with E-state index in [1.807, 2.05) is 13.8 Å². The van der Waals surface area contributed by atoms with Crippen LogP contribution in [0.25, 0.3) is 0 Å². The van der Waals surface area contributed by atoms with E-state index in [4.69, 9.17) is 21.7 Å². The Bertz CT molecular complexity index is 215. The molecule has 4 nitrogen and oxygen atoms in total. The molecule has 2 heterocycles. The third kappa shape index (κ3) is 1.71. The van der Waals surface area contributed by atoms with Gasteiger partial charge in [-0.1, -0.05) is 0 Å². The van der Waals surface area contributed by atoms with Crippen LogP contribution in [0, 0.1) is 0 Å². The van der Waals surface area contributed by atoms with Gasteiger partial charge in [0.25, 0.3) is 0 Å². The molecule has 2 fully saturated rings. The van der Waals surface area contributed by atoms with E-state index < -0.39 is 0 Å². The normalized spacial score (nSPS) is 32.7. The monoisotopic (exact) mass is 216 g/mol. The maximum absolute atomic E-state index is 5.45. The fourth-order valence-corrected chi connectivity index (χ4v) is 2.33. The van der Waals surface area contributed by atoms with Crippen LogP contribution >= 0.6 is 12.2 Å². The smallest absolute Gasteiger partial charge is 0.175 e. The van der Waals surface area contributed by atoms with Crippen LogP contribution in [0.4, 0.5) is 0 Å². The van der Waals surface area contributed by atoms with Crippen LogP contribution in [0.1, 0.15) is 13.8 Å². The van der Waals surface area contributed by atoms with E-state index in [9.17, 15) is 0 Å².